The summed E-state index contributed by atoms with van der Waals surface area (Å²) >= 11 is 0. The Morgan fingerprint density at radius 3 is 2.72 bits per heavy atom. The molecule has 0 aromatic carbocycles. The van der Waals surface area contributed by atoms with Gasteiger partial charge >= 0.3 is 5.97 Å². The summed E-state index contributed by atoms with van der Waals surface area (Å²) in [4.78, 5) is 13.6. The third-order valence-electron chi connectivity index (χ3n) is 3.01. The number of rotatable bonds is 5. The van der Waals surface area contributed by atoms with E-state index in [9.17, 15) is 13.2 Å². The molecule has 0 aromatic heterocycles. The molecule has 0 saturated carbocycles. The van der Waals surface area contributed by atoms with E-state index in [2.05, 4.69) is 5.32 Å². The zero-order valence-electron chi connectivity index (χ0n) is 11.0. The van der Waals surface area contributed by atoms with Crippen LogP contribution in [-0.4, -0.2) is 70.1 Å². The standard InChI is InChI=1S/C11H22N2O4S/c1-3-17-11(14)10(12-2)9-13-5-4-7-18(15,16)8-6-13/h10,12H,3-9H2,1-2H3. The first kappa shape index (κ1) is 15.4. The molecule has 0 amide bonds. The van der Waals surface area contributed by atoms with Gasteiger partial charge in [-0.3, -0.25) is 4.79 Å². The number of esters is 1. The highest BCUT2D eigenvalue weighted by atomic mass is 32.2. The van der Waals surface area contributed by atoms with E-state index in [1.165, 1.54) is 0 Å². The molecule has 1 heterocycles. The van der Waals surface area contributed by atoms with E-state index >= 15 is 0 Å². The van der Waals surface area contributed by atoms with Gasteiger partial charge in [0.25, 0.3) is 0 Å². The van der Waals surface area contributed by atoms with Gasteiger partial charge in [-0.25, -0.2) is 8.42 Å². The van der Waals surface area contributed by atoms with E-state index < -0.39 is 15.9 Å². The molecule has 18 heavy (non-hydrogen) atoms. The predicted octanol–water partition coefficient (Wildman–Crippen LogP) is -0.742. The first-order valence-corrected chi connectivity index (χ1v) is 8.07. The fourth-order valence-corrected chi connectivity index (χ4v) is 3.27. The zero-order chi connectivity index (χ0) is 13.6. The highest BCUT2D eigenvalue weighted by Gasteiger charge is 2.24. The molecule has 1 N–H and O–H groups in total. The van der Waals surface area contributed by atoms with Gasteiger partial charge in [-0.2, -0.15) is 0 Å². The molecule has 0 aromatic rings. The Balaban J connectivity index is 2.52. The van der Waals surface area contributed by atoms with Crippen molar-refractivity contribution in [1.29, 1.82) is 0 Å². The highest BCUT2D eigenvalue weighted by molar-refractivity contribution is 7.91. The summed E-state index contributed by atoms with van der Waals surface area (Å²) in [7, 11) is -1.20. The van der Waals surface area contributed by atoms with E-state index in [1.807, 2.05) is 4.90 Å². The van der Waals surface area contributed by atoms with E-state index in [-0.39, 0.29) is 17.5 Å². The molecule has 1 atom stereocenters. The normalized spacial score (nSPS) is 22.1. The number of ether oxygens (including phenoxy) is 1. The van der Waals surface area contributed by atoms with Gasteiger partial charge in [-0.15, -0.1) is 0 Å². The molecule has 1 saturated heterocycles. The lowest BCUT2D eigenvalue weighted by Crippen LogP contribution is -2.46. The first-order chi connectivity index (χ1) is 8.48. The van der Waals surface area contributed by atoms with Gasteiger partial charge in [0.1, 0.15) is 6.04 Å². The second-order valence-corrected chi connectivity index (χ2v) is 6.70. The number of hydrogen-bond acceptors (Lipinski definition) is 6. The van der Waals surface area contributed by atoms with E-state index in [0.29, 0.717) is 32.7 Å². The molecule has 0 bridgehead atoms. The Morgan fingerprint density at radius 1 is 1.39 bits per heavy atom. The van der Waals surface area contributed by atoms with Crippen LogP contribution in [0.5, 0.6) is 0 Å². The van der Waals surface area contributed by atoms with Gasteiger partial charge in [-0.05, 0) is 26.9 Å². The SMILES string of the molecule is CCOC(=O)C(CN1CCCS(=O)(=O)CC1)NC. The molecule has 0 spiro atoms. The minimum atomic E-state index is -2.90. The molecule has 1 aliphatic rings. The molecule has 6 nitrogen and oxygen atoms in total. The van der Waals surface area contributed by atoms with Crippen LogP contribution in [0.4, 0.5) is 0 Å². The molecule has 0 aliphatic carbocycles. The summed E-state index contributed by atoms with van der Waals surface area (Å²) in [6.07, 6.45) is 0.627. The summed E-state index contributed by atoms with van der Waals surface area (Å²) in [5.41, 5.74) is 0. The lowest BCUT2D eigenvalue weighted by atomic mass is 10.2. The fourth-order valence-electron chi connectivity index (χ4n) is 1.96. The van der Waals surface area contributed by atoms with E-state index in [0.717, 1.165) is 0 Å². The van der Waals surface area contributed by atoms with E-state index in [1.54, 1.807) is 14.0 Å². The molecule has 1 rings (SSSR count). The summed E-state index contributed by atoms with van der Waals surface area (Å²) in [5.74, 6) is 0.131. The Kier molecular flexibility index (Phi) is 6.04. The quantitative estimate of drug-likeness (QED) is 0.668. The van der Waals surface area contributed by atoms with Crippen LogP contribution < -0.4 is 5.32 Å². The number of carbonyl (C=O) groups excluding carboxylic acids is 1. The van der Waals surface area contributed by atoms with Crippen molar-refractivity contribution < 1.29 is 17.9 Å². The lowest BCUT2D eigenvalue weighted by Gasteiger charge is -2.24. The number of nitrogens with one attached hydrogen (secondary N) is 1. The van der Waals surface area contributed by atoms with Crippen LogP contribution in [-0.2, 0) is 19.4 Å². The number of likely N-dealkylation sites (N-methyl/N-ethyl adjacent to an activating group) is 1. The maximum atomic E-state index is 11.6. The second-order valence-electron chi connectivity index (χ2n) is 4.40. The average molecular weight is 278 g/mol. The smallest absolute Gasteiger partial charge is 0.324 e. The number of nitrogens with zero attached hydrogens (tertiary/aromatic N) is 1. The predicted molar refractivity (Wildman–Crippen MR) is 69.2 cm³/mol. The fraction of sp³-hybridized carbons (Fsp3) is 0.909. The van der Waals surface area contributed by atoms with Gasteiger partial charge in [0.05, 0.1) is 18.1 Å². The maximum Gasteiger partial charge on any atom is 0.324 e. The zero-order valence-corrected chi connectivity index (χ0v) is 11.8. The largest absolute Gasteiger partial charge is 0.465 e. The first-order valence-electron chi connectivity index (χ1n) is 6.25. The third kappa shape index (κ3) is 4.91. The number of sulfone groups is 1. The van der Waals surface area contributed by atoms with Crippen LogP contribution >= 0.6 is 0 Å². The minimum Gasteiger partial charge on any atom is -0.465 e. The Hall–Kier alpha value is -0.660. The second kappa shape index (κ2) is 7.06. The number of carbonyl (C=O) groups is 1. The average Bonchev–Trinajstić information content (AvgIpc) is 2.47. The summed E-state index contributed by atoms with van der Waals surface area (Å²) in [6.45, 7) is 3.80. The lowest BCUT2D eigenvalue weighted by molar-refractivity contribution is -0.146. The monoisotopic (exact) mass is 278 g/mol. The van der Waals surface area contributed by atoms with Crippen molar-refractivity contribution in [2.45, 2.75) is 19.4 Å². The maximum absolute atomic E-state index is 11.6. The van der Waals surface area contributed by atoms with Crippen molar-refractivity contribution >= 4 is 15.8 Å². The van der Waals surface area contributed by atoms with Gasteiger partial charge in [-0.1, -0.05) is 0 Å². The van der Waals surface area contributed by atoms with Crippen LogP contribution in [0, 0.1) is 0 Å². The molecule has 106 valence electrons. The van der Waals surface area contributed by atoms with Gasteiger partial charge < -0.3 is 15.0 Å². The molecular weight excluding hydrogens is 256 g/mol. The van der Waals surface area contributed by atoms with E-state index in [4.69, 9.17) is 4.74 Å². The van der Waals surface area contributed by atoms with Crippen molar-refractivity contribution in [2.24, 2.45) is 0 Å². The van der Waals surface area contributed by atoms with Gasteiger partial charge in [0.2, 0.25) is 0 Å². The summed E-state index contributed by atoms with van der Waals surface area (Å²) < 4.78 is 27.9. The minimum absolute atomic E-state index is 0.173. The highest BCUT2D eigenvalue weighted by Crippen LogP contribution is 2.06. The summed E-state index contributed by atoms with van der Waals surface area (Å²) in [6, 6.07) is -0.397. The van der Waals surface area contributed by atoms with Gasteiger partial charge in [0, 0.05) is 13.1 Å². The van der Waals surface area contributed by atoms with Crippen LogP contribution in [0.25, 0.3) is 0 Å². The van der Waals surface area contributed by atoms with Crippen LogP contribution in [0.15, 0.2) is 0 Å². The topological polar surface area (TPSA) is 75.7 Å². The Morgan fingerprint density at radius 2 is 2.11 bits per heavy atom. The summed E-state index contributed by atoms with van der Waals surface area (Å²) in [5, 5.41) is 2.91. The van der Waals surface area contributed by atoms with Crippen LogP contribution in [0.2, 0.25) is 0 Å². The molecule has 7 heteroatoms. The number of hydrogen-bond donors (Lipinski definition) is 1. The molecule has 1 aliphatic heterocycles. The van der Waals surface area contributed by atoms with Crippen molar-refractivity contribution in [1.82, 2.24) is 10.2 Å². The molecule has 1 fully saturated rings. The van der Waals surface area contributed by atoms with Crippen LogP contribution in [0.1, 0.15) is 13.3 Å². The van der Waals surface area contributed by atoms with Crippen LogP contribution in [0.3, 0.4) is 0 Å². The molecular formula is C11H22N2O4S. The Bertz CT molecular complexity index is 369. The van der Waals surface area contributed by atoms with Gasteiger partial charge in [0.15, 0.2) is 9.84 Å². The molecule has 1 unspecified atom stereocenters. The van der Waals surface area contributed by atoms with Crippen molar-refractivity contribution in [2.75, 3.05) is 44.8 Å². The molecule has 0 radical (unpaired) electrons. The Labute approximate surface area is 109 Å². The van der Waals surface area contributed by atoms with Crippen molar-refractivity contribution in [3.63, 3.8) is 0 Å². The van der Waals surface area contributed by atoms with Crippen molar-refractivity contribution in [3.8, 4) is 0 Å². The van der Waals surface area contributed by atoms with Crippen molar-refractivity contribution in [3.05, 3.63) is 0 Å². The third-order valence-corrected chi connectivity index (χ3v) is 4.72.